The van der Waals surface area contributed by atoms with Crippen molar-refractivity contribution in [3.63, 3.8) is 0 Å². The summed E-state index contributed by atoms with van der Waals surface area (Å²) < 4.78 is 15.4. The third kappa shape index (κ3) is 4.16. The van der Waals surface area contributed by atoms with Crippen molar-refractivity contribution in [2.24, 2.45) is 4.99 Å². The lowest BCUT2D eigenvalue weighted by Gasteiger charge is -2.25. The van der Waals surface area contributed by atoms with Crippen molar-refractivity contribution in [1.29, 1.82) is 0 Å². The minimum atomic E-state index is -0.392. The van der Waals surface area contributed by atoms with E-state index < -0.39 is 5.97 Å². The molecule has 0 aromatic heterocycles. The van der Waals surface area contributed by atoms with Gasteiger partial charge in [0.25, 0.3) is 5.91 Å². The van der Waals surface area contributed by atoms with Crippen LogP contribution in [0, 0.1) is 0 Å². The number of aliphatic imine (C=N–C) groups is 1. The predicted octanol–water partition coefficient (Wildman–Crippen LogP) is 1.84. The summed E-state index contributed by atoms with van der Waals surface area (Å²) in [6, 6.07) is 2.73. The van der Waals surface area contributed by atoms with Gasteiger partial charge in [0.2, 0.25) is 6.08 Å². The number of ether oxygens (including phenoxy) is 3. The lowest BCUT2D eigenvalue weighted by molar-refractivity contribution is -0.142. The summed E-state index contributed by atoms with van der Waals surface area (Å²) in [4.78, 5) is 39.9. The van der Waals surface area contributed by atoms with Crippen LogP contribution in [0.3, 0.4) is 0 Å². The average Bonchev–Trinajstić information content (AvgIpc) is 3.07. The van der Waals surface area contributed by atoms with Gasteiger partial charge in [-0.2, -0.15) is 4.99 Å². The standard InChI is InChI=1S/C17H20N2O6/c1-11(21)25-9-12-5-4-6-19(12)17(22)13-7-15(23-2)16(24-3)8-14(13)18-10-20/h7-8,12H,4-6,9H2,1-3H3/t12-/m0/s1. The molecule has 0 saturated carbocycles. The van der Waals surface area contributed by atoms with E-state index in [0.717, 1.165) is 12.8 Å². The van der Waals surface area contributed by atoms with E-state index >= 15 is 0 Å². The zero-order valence-electron chi connectivity index (χ0n) is 14.4. The van der Waals surface area contributed by atoms with Gasteiger partial charge in [-0.3, -0.25) is 9.59 Å². The number of esters is 1. The van der Waals surface area contributed by atoms with Gasteiger partial charge in [-0.05, 0) is 18.9 Å². The van der Waals surface area contributed by atoms with Crippen LogP contribution in [0.4, 0.5) is 5.69 Å². The number of rotatable bonds is 6. The van der Waals surface area contributed by atoms with Gasteiger partial charge in [-0.15, -0.1) is 0 Å². The Morgan fingerprint density at radius 3 is 2.56 bits per heavy atom. The number of likely N-dealkylation sites (tertiary alicyclic amines) is 1. The average molecular weight is 348 g/mol. The highest BCUT2D eigenvalue weighted by molar-refractivity contribution is 6.00. The first-order chi connectivity index (χ1) is 12.0. The minimum absolute atomic E-state index is 0.140. The van der Waals surface area contributed by atoms with Gasteiger partial charge in [0.05, 0.1) is 31.5 Å². The van der Waals surface area contributed by atoms with Gasteiger partial charge in [0.1, 0.15) is 6.61 Å². The summed E-state index contributed by atoms with van der Waals surface area (Å²) in [6.07, 6.45) is 2.99. The number of nitrogens with zero attached hydrogens (tertiary/aromatic N) is 2. The molecule has 2 rings (SSSR count). The van der Waals surface area contributed by atoms with E-state index in [4.69, 9.17) is 14.2 Å². The van der Waals surface area contributed by atoms with Crippen molar-refractivity contribution in [2.75, 3.05) is 27.4 Å². The maximum Gasteiger partial charge on any atom is 0.302 e. The number of carbonyl (C=O) groups is 2. The van der Waals surface area contributed by atoms with Crippen LogP contribution in [0.1, 0.15) is 30.1 Å². The molecule has 0 N–H and O–H groups in total. The van der Waals surface area contributed by atoms with Crippen LogP contribution in [0.15, 0.2) is 17.1 Å². The summed E-state index contributed by atoms with van der Waals surface area (Å²) >= 11 is 0. The van der Waals surface area contributed by atoms with E-state index in [9.17, 15) is 14.4 Å². The lowest BCUT2D eigenvalue weighted by atomic mass is 10.1. The number of isocyanates is 1. The van der Waals surface area contributed by atoms with Crippen molar-refractivity contribution < 1.29 is 28.6 Å². The highest BCUT2D eigenvalue weighted by atomic mass is 16.5. The van der Waals surface area contributed by atoms with Crippen LogP contribution < -0.4 is 9.47 Å². The van der Waals surface area contributed by atoms with Crippen LogP contribution in [-0.4, -0.2) is 56.3 Å². The summed E-state index contributed by atoms with van der Waals surface area (Å²) in [7, 11) is 2.90. The molecule has 1 aliphatic heterocycles. The Balaban J connectivity index is 2.36. The van der Waals surface area contributed by atoms with Crippen molar-refractivity contribution in [3.8, 4) is 11.5 Å². The predicted molar refractivity (Wildman–Crippen MR) is 88.0 cm³/mol. The normalized spacial score (nSPS) is 16.1. The summed E-state index contributed by atoms with van der Waals surface area (Å²) in [6.45, 7) is 2.00. The van der Waals surface area contributed by atoms with E-state index in [-0.39, 0.29) is 29.8 Å². The van der Waals surface area contributed by atoms with Gasteiger partial charge in [0.15, 0.2) is 11.5 Å². The monoisotopic (exact) mass is 348 g/mol. The molecule has 1 saturated heterocycles. The smallest absolute Gasteiger partial charge is 0.302 e. The van der Waals surface area contributed by atoms with Crippen molar-refractivity contribution in [1.82, 2.24) is 4.90 Å². The first-order valence-electron chi connectivity index (χ1n) is 7.80. The van der Waals surface area contributed by atoms with E-state index in [0.29, 0.717) is 18.0 Å². The van der Waals surface area contributed by atoms with Gasteiger partial charge in [0, 0.05) is 19.5 Å². The number of carbonyl (C=O) groups excluding carboxylic acids is 3. The number of benzene rings is 1. The Hall–Kier alpha value is -2.86. The number of methoxy groups -OCH3 is 2. The first-order valence-corrected chi connectivity index (χ1v) is 7.80. The summed E-state index contributed by atoms with van der Waals surface area (Å²) in [5, 5.41) is 0. The third-order valence-corrected chi connectivity index (χ3v) is 4.02. The molecule has 1 fully saturated rings. The Bertz CT molecular complexity index is 711. The molecule has 25 heavy (non-hydrogen) atoms. The molecule has 0 unspecified atom stereocenters. The molecule has 8 nitrogen and oxygen atoms in total. The molecule has 1 atom stereocenters. The molecule has 1 aromatic rings. The maximum absolute atomic E-state index is 13.0. The quantitative estimate of drug-likeness (QED) is 0.442. The van der Waals surface area contributed by atoms with E-state index in [1.54, 1.807) is 4.90 Å². The summed E-state index contributed by atoms with van der Waals surface area (Å²) in [5.41, 5.74) is 0.353. The van der Waals surface area contributed by atoms with Crippen molar-refractivity contribution in [2.45, 2.75) is 25.8 Å². The summed E-state index contributed by atoms with van der Waals surface area (Å²) in [5.74, 6) is -0.00127. The lowest BCUT2D eigenvalue weighted by Crippen LogP contribution is -2.38. The largest absolute Gasteiger partial charge is 0.493 e. The fourth-order valence-electron chi connectivity index (χ4n) is 2.83. The highest BCUT2D eigenvalue weighted by Gasteiger charge is 2.32. The molecule has 1 heterocycles. The zero-order chi connectivity index (χ0) is 18.4. The molecule has 0 radical (unpaired) electrons. The fraction of sp³-hybridized carbons (Fsp3) is 0.471. The van der Waals surface area contributed by atoms with E-state index in [1.807, 2.05) is 0 Å². The maximum atomic E-state index is 13.0. The molecule has 134 valence electrons. The van der Waals surface area contributed by atoms with Crippen LogP contribution >= 0.6 is 0 Å². The van der Waals surface area contributed by atoms with Crippen LogP contribution in [0.5, 0.6) is 11.5 Å². The Labute approximate surface area is 145 Å². The molecular formula is C17H20N2O6. The van der Waals surface area contributed by atoms with Gasteiger partial charge >= 0.3 is 5.97 Å². The van der Waals surface area contributed by atoms with E-state index in [2.05, 4.69) is 4.99 Å². The fourth-order valence-corrected chi connectivity index (χ4v) is 2.83. The van der Waals surface area contributed by atoms with Gasteiger partial charge in [-0.25, -0.2) is 4.79 Å². The topological polar surface area (TPSA) is 94.5 Å². The number of hydrogen-bond donors (Lipinski definition) is 0. The minimum Gasteiger partial charge on any atom is -0.493 e. The zero-order valence-corrected chi connectivity index (χ0v) is 14.4. The molecular weight excluding hydrogens is 328 g/mol. The molecule has 0 aliphatic carbocycles. The van der Waals surface area contributed by atoms with Gasteiger partial charge in [-0.1, -0.05) is 0 Å². The molecule has 1 aliphatic rings. The Morgan fingerprint density at radius 1 is 1.28 bits per heavy atom. The Kier molecular flexibility index (Phi) is 6.14. The highest BCUT2D eigenvalue weighted by Crippen LogP contribution is 2.36. The second-order valence-electron chi connectivity index (χ2n) is 5.52. The number of amides is 1. The molecule has 1 aromatic carbocycles. The third-order valence-electron chi connectivity index (χ3n) is 4.02. The molecule has 8 heteroatoms. The number of hydrogen-bond acceptors (Lipinski definition) is 7. The molecule has 0 bridgehead atoms. The van der Waals surface area contributed by atoms with Crippen LogP contribution in [0.2, 0.25) is 0 Å². The van der Waals surface area contributed by atoms with Crippen LogP contribution in [0.25, 0.3) is 0 Å². The second kappa shape index (κ2) is 8.30. The molecule has 1 amide bonds. The second-order valence-corrected chi connectivity index (χ2v) is 5.52. The van der Waals surface area contributed by atoms with Crippen molar-refractivity contribution >= 4 is 23.6 Å². The van der Waals surface area contributed by atoms with E-state index in [1.165, 1.54) is 39.4 Å². The molecule has 0 spiro atoms. The first kappa shape index (κ1) is 18.5. The van der Waals surface area contributed by atoms with Gasteiger partial charge < -0.3 is 19.1 Å². The SMILES string of the molecule is COc1cc(N=C=O)c(C(=O)N2CCC[C@H]2COC(C)=O)cc1OC. The van der Waals surface area contributed by atoms with Crippen molar-refractivity contribution in [3.05, 3.63) is 17.7 Å². The Morgan fingerprint density at radius 2 is 1.96 bits per heavy atom. The van der Waals surface area contributed by atoms with Crippen LogP contribution in [-0.2, 0) is 14.3 Å².